The summed E-state index contributed by atoms with van der Waals surface area (Å²) in [6, 6.07) is 14.1. The fourth-order valence-corrected chi connectivity index (χ4v) is 6.51. The molecule has 1 aliphatic rings. The van der Waals surface area contributed by atoms with Gasteiger partial charge in [-0.3, -0.25) is 14.6 Å². The normalized spacial score (nSPS) is 15.3. The minimum Gasteiger partial charge on any atom is -0.480 e. The molecule has 0 spiro atoms. The van der Waals surface area contributed by atoms with Crippen LogP contribution in [0.2, 0.25) is 0 Å². The number of benzene rings is 2. The number of fused-ring (bicyclic) bond motifs is 1. The molecular weight excluding hydrogens is 562 g/mol. The molecule has 216 valence electrons. The Balaban J connectivity index is 1.37. The molecule has 11 heteroatoms. The Morgan fingerprint density at radius 1 is 1.05 bits per heavy atom. The van der Waals surface area contributed by atoms with Crippen molar-refractivity contribution in [2.45, 2.75) is 64.5 Å². The van der Waals surface area contributed by atoms with E-state index in [1.807, 2.05) is 42.5 Å². The highest BCUT2D eigenvalue weighted by molar-refractivity contribution is 8.15. The maximum atomic E-state index is 13.3. The average Bonchev–Trinajstić information content (AvgIpc) is 3.61. The molecule has 0 aliphatic carbocycles. The van der Waals surface area contributed by atoms with Gasteiger partial charge in [-0.1, -0.05) is 43.2 Å². The molecule has 9 nitrogen and oxygen atoms in total. The van der Waals surface area contributed by atoms with Crippen LogP contribution in [0.25, 0.3) is 10.2 Å². The molecule has 2 N–H and O–H groups in total. The van der Waals surface area contributed by atoms with Crippen molar-refractivity contribution >= 4 is 67.7 Å². The van der Waals surface area contributed by atoms with Gasteiger partial charge in [0, 0.05) is 30.2 Å². The Morgan fingerprint density at radius 3 is 2.59 bits per heavy atom. The van der Waals surface area contributed by atoms with E-state index in [2.05, 4.69) is 15.3 Å². The minimum atomic E-state index is -0.948. The zero-order valence-corrected chi connectivity index (χ0v) is 24.5. The number of thiazole rings is 1. The summed E-state index contributed by atoms with van der Waals surface area (Å²) in [4.78, 5) is 57.1. The number of hydrogen-bond acceptors (Lipinski definition) is 9. The predicted molar refractivity (Wildman–Crippen MR) is 161 cm³/mol. The van der Waals surface area contributed by atoms with Crippen molar-refractivity contribution in [3.8, 4) is 0 Å². The molecule has 41 heavy (non-hydrogen) atoms. The summed E-state index contributed by atoms with van der Waals surface area (Å²) >= 11 is 2.78. The van der Waals surface area contributed by atoms with Crippen molar-refractivity contribution in [2.75, 3.05) is 11.1 Å². The number of nitrogens with one attached hydrogen (secondary N) is 1. The van der Waals surface area contributed by atoms with Crippen LogP contribution in [0.15, 0.2) is 53.5 Å². The van der Waals surface area contributed by atoms with Crippen LogP contribution in [0.3, 0.4) is 0 Å². The van der Waals surface area contributed by atoms with Crippen LogP contribution >= 0.6 is 23.1 Å². The molecule has 4 rings (SSSR count). The molecule has 2 aromatic carbocycles. The molecule has 1 aliphatic heterocycles. The topological polar surface area (TPSA) is 135 Å². The third kappa shape index (κ3) is 9.22. The molecule has 3 aromatic rings. The largest absolute Gasteiger partial charge is 0.480 e. The van der Waals surface area contributed by atoms with Gasteiger partial charge in [-0.25, -0.2) is 9.78 Å². The molecule has 0 saturated heterocycles. The van der Waals surface area contributed by atoms with Crippen molar-refractivity contribution in [1.29, 1.82) is 0 Å². The monoisotopic (exact) mass is 595 g/mol. The van der Waals surface area contributed by atoms with E-state index in [1.165, 1.54) is 23.1 Å². The highest BCUT2D eigenvalue weighted by atomic mass is 32.2. The maximum Gasteiger partial charge on any atom is 0.329 e. The molecular formula is C30H33N3O6S2. The molecule has 1 amide bonds. The number of hydrogen-bond donors (Lipinski definition) is 2. The van der Waals surface area contributed by atoms with Crippen LogP contribution in [-0.4, -0.2) is 50.6 Å². The van der Waals surface area contributed by atoms with E-state index in [1.54, 1.807) is 13.0 Å². The Bertz CT molecular complexity index is 1420. The van der Waals surface area contributed by atoms with Crippen LogP contribution in [0.5, 0.6) is 0 Å². The number of carboxylic acid groups (broad SMARTS) is 1. The summed E-state index contributed by atoms with van der Waals surface area (Å²) in [6.45, 7) is 1.77. The molecule has 2 atom stereocenters. The highest BCUT2D eigenvalue weighted by Gasteiger charge is 2.27. The quantitative estimate of drug-likeness (QED) is 0.165. The second-order valence-corrected chi connectivity index (χ2v) is 12.0. The number of aliphatic imine (C=N–C) groups is 1. The van der Waals surface area contributed by atoms with Gasteiger partial charge in [0.2, 0.25) is 5.91 Å². The second kappa shape index (κ2) is 14.9. The van der Waals surface area contributed by atoms with Crippen LogP contribution in [0, 0.1) is 5.92 Å². The van der Waals surface area contributed by atoms with E-state index >= 15 is 0 Å². The van der Waals surface area contributed by atoms with Crippen LogP contribution in [-0.2, 0) is 30.5 Å². The third-order valence-electron chi connectivity index (χ3n) is 6.67. The van der Waals surface area contributed by atoms with Crippen LogP contribution in [0.1, 0.15) is 62.4 Å². The van der Waals surface area contributed by atoms with Crippen molar-refractivity contribution in [2.24, 2.45) is 10.9 Å². The zero-order valence-electron chi connectivity index (χ0n) is 22.8. The van der Waals surface area contributed by atoms with Crippen molar-refractivity contribution in [3.05, 3.63) is 59.1 Å². The molecule has 0 radical (unpaired) electrons. The van der Waals surface area contributed by atoms with Gasteiger partial charge in [0.25, 0.3) is 0 Å². The number of amides is 1. The molecule has 1 aromatic heterocycles. The lowest BCUT2D eigenvalue weighted by Gasteiger charge is -2.17. The lowest BCUT2D eigenvalue weighted by Crippen LogP contribution is -2.24. The van der Waals surface area contributed by atoms with Crippen molar-refractivity contribution in [3.63, 3.8) is 0 Å². The lowest BCUT2D eigenvalue weighted by atomic mass is 9.94. The number of carbonyl (C=O) groups is 4. The molecule has 0 saturated carbocycles. The zero-order chi connectivity index (χ0) is 29.2. The molecule has 2 heterocycles. The van der Waals surface area contributed by atoms with Gasteiger partial charge in [0.1, 0.15) is 22.4 Å². The van der Waals surface area contributed by atoms with E-state index in [4.69, 9.17) is 4.74 Å². The first-order valence-corrected chi connectivity index (χ1v) is 15.4. The first-order chi connectivity index (χ1) is 19.8. The fraction of sp³-hybridized carbons (Fsp3) is 0.400. The van der Waals surface area contributed by atoms with Crippen molar-refractivity contribution in [1.82, 2.24) is 4.98 Å². The number of nitrogens with zero attached hydrogens (tertiary/aromatic N) is 2. The number of ether oxygens (including phenoxy) is 1. The smallest absolute Gasteiger partial charge is 0.329 e. The summed E-state index contributed by atoms with van der Waals surface area (Å²) in [6.07, 6.45) is 4.02. The number of carboxylic acids is 1. The number of aliphatic carboxylic acids is 1. The fourth-order valence-electron chi connectivity index (χ4n) is 4.41. The standard InChI is InChI=1S/C30H33N3O6S2/c1-19(34)8-4-2-7-11-21(12-15-26(35)39-17-20-9-5-3-6-10-20)27(36)31-22-13-14-23-25(16-22)41-29(32-23)28-33-24(18-40-28)30(37)38/h3,5-6,9-10,13-14,16,21,24H,2,4,7-8,11-12,15,17-18H2,1H3,(H,31,36)(H,37,38)/t21-,24-/m1/s1. The summed E-state index contributed by atoms with van der Waals surface area (Å²) in [5.74, 6) is -1.31. The van der Waals surface area contributed by atoms with Crippen LogP contribution < -0.4 is 5.32 Å². The lowest BCUT2D eigenvalue weighted by molar-refractivity contribution is -0.145. The van der Waals surface area contributed by atoms with Crippen LogP contribution in [0.4, 0.5) is 5.69 Å². The molecule has 0 bridgehead atoms. The minimum absolute atomic E-state index is 0.132. The Kier molecular flexibility index (Phi) is 11.0. The number of carbonyl (C=O) groups excluding carboxylic acids is 3. The van der Waals surface area contributed by atoms with E-state index in [0.717, 1.165) is 35.0 Å². The van der Waals surface area contributed by atoms with E-state index in [-0.39, 0.29) is 36.6 Å². The third-order valence-corrected chi connectivity index (χ3v) is 8.88. The van der Waals surface area contributed by atoms with Crippen molar-refractivity contribution < 1.29 is 29.0 Å². The van der Waals surface area contributed by atoms with Gasteiger partial charge in [-0.05, 0) is 49.9 Å². The van der Waals surface area contributed by atoms with Gasteiger partial charge >= 0.3 is 11.9 Å². The van der Waals surface area contributed by atoms with Gasteiger partial charge in [0.15, 0.2) is 6.04 Å². The first-order valence-electron chi connectivity index (χ1n) is 13.6. The summed E-state index contributed by atoms with van der Waals surface area (Å²) in [7, 11) is 0. The summed E-state index contributed by atoms with van der Waals surface area (Å²) < 4.78 is 6.25. The van der Waals surface area contributed by atoms with Gasteiger partial charge in [-0.15, -0.1) is 23.1 Å². The average molecular weight is 596 g/mol. The van der Waals surface area contributed by atoms with E-state index in [0.29, 0.717) is 40.8 Å². The van der Waals surface area contributed by atoms with Gasteiger partial charge in [-0.2, -0.15) is 0 Å². The second-order valence-electron chi connectivity index (χ2n) is 9.97. The Morgan fingerprint density at radius 2 is 1.85 bits per heavy atom. The summed E-state index contributed by atoms with van der Waals surface area (Å²) in [5, 5.41) is 13.5. The number of Topliss-reactive ketones (excluding diaryl/α,β-unsaturated/α-hetero) is 1. The number of esters is 1. The Labute approximate surface area is 246 Å². The first kappa shape index (κ1) is 30.4. The molecule has 0 fully saturated rings. The number of rotatable bonds is 15. The summed E-state index contributed by atoms with van der Waals surface area (Å²) in [5.41, 5.74) is 2.27. The van der Waals surface area contributed by atoms with E-state index in [9.17, 15) is 24.3 Å². The maximum absolute atomic E-state index is 13.3. The number of ketones is 1. The van der Waals surface area contributed by atoms with Gasteiger partial charge in [0.05, 0.1) is 10.2 Å². The highest BCUT2D eigenvalue weighted by Crippen LogP contribution is 2.31. The van der Waals surface area contributed by atoms with E-state index < -0.39 is 12.0 Å². The number of anilines is 1. The number of thioether (sulfide) groups is 1. The predicted octanol–water partition coefficient (Wildman–Crippen LogP) is 5.86. The number of aromatic nitrogens is 1. The SMILES string of the molecule is CC(=O)CCCCC[C@H](CCC(=O)OCc1ccccc1)C(=O)Nc1ccc2nc(C3=N[C@@H](C(=O)O)CS3)sc2c1. The Hall–Kier alpha value is -3.57. The van der Waals surface area contributed by atoms with Gasteiger partial charge < -0.3 is 20.0 Å². The molecule has 0 unspecified atom stereocenters. The number of unbranched alkanes of at least 4 members (excludes halogenated alkanes) is 2.